The number of halogens is 1. The highest BCUT2D eigenvalue weighted by atomic mass is 79.9. The number of carbonyl (C=O) groups is 1. The lowest BCUT2D eigenvalue weighted by Crippen LogP contribution is -2.28. The van der Waals surface area contributed by atoms with Gasteiger partial charge in [-0.1, -0.05) is 82.7 Å². The molecule has 5 rings (SSSR count). The van der Waals surface area contributed by atoms with Crippen LogP contribution in [0.4, 0.5) is 11.4 Å². The Morgan fingerprint density at radius 3 is 2.23 bits per heavy atom. The molecule has 1 aliphatic rings. The SMILES string of the molecule is O=C1/C(=C\c2ccccc2OCc2ccc(Br)cc2)SC(=Nc2ccccc2)N1c1ccccc1. The number of thioether (sulfide) groups is 1. The van der Waals surface area contributed by atoms with Gasteiger partial charge in [-0.05, 0) is 65.9 Å². The fourth-order valence-electron chi connectivity index (χ4n) is 3.58. The van der Waals surface area contributed by atoms with Crippen LogP contribution in [0, 0.1) is 0 Å². The number of rotatable bonds is 6. The van der Waals surface area contributed by atoms with Gasteiger partial charge in [-0.2, -0.15) is 0 Å². The smallest absolute Gasteiger partial charge is 0.271 e. The monoisotopic (exact) mass is 540 g/mol. The molecule has 0 atom stereocenters. The first-order chi connectivity index (χ1) is 17.2. The Morgan fingerprint density at radius 2 is 1.49 bits per heavy atom. The molecule has 0 saturated carbocycles. The van der Waals surface area contributed by atoms with Crippen molar-refractivity contribution in [2.75, 3.05) is 4.90 Å². The van der Waals surface area contributed by atoms with Crippen LogP contribution in [-0.2, 0) is 11.4 Å². The molecule has 4 aromatic rings. The normalized spacial score (nSPS) is 15.7. The molecular weight excluding hydrogens is 520 g/mol. The summed E-state index contributed by atoms with van der Waals surface area (Å²) in [6.07, 6.45) is 1.88. The Hall–Kier alpha value is -3.61. The standard InChI is InChI=1S/C29H21BrN2O2S/c30-23-17-15-21(16-18-23)20-34-26-14-8-7-9-22(26)19-27-28(33)32(25-12-5-2-6-13-25)29(35-27)31-24-10-3-1-4-11-24/h1-19H,20H2/b27-19+,31-29?. The average molecular weight is 541 g/mol. The minimum atomic E-state index is -0.112. The summed E-state index contributed by atoms with van der Waals surface area (Å²) in [4.78, 5) is 20.6. The van der Waals surface area contributed by atoms with E-state index < -0.39 is 0 Å². The van der Waals surface area contributed by atoms with Gasteiger partial charge in [0.25, 0.3) is 5.91 Å². The molecule has 0 radical (unpaired) electrons. The second-order valence-corrected chi connectivity index (χ2v) is 9.69. The lowest BCUT2D eigenvalue weighted by Gasteiger charge is -2.15. The molecule has 0 spiro atoms. The van der Waals surface area contributed by atoms with E-state index in [4.69, 9.17) is 9.73 Å². The van der Waals surface area contributed by atoms with Gasteiger partial charge in [-0.3, -0.25) is 9.69 Å². The maximum atomic E-state index is 13.5. The molecule has 0 N–H and O–H groups in total. The van der Waals surface area contributed by atoms with Crippen molar-refractivity contribution in [3.63, 3.8) is 0 Å². The van der Waals surface area contributed by atoms with Crippen molar-refractivity contribution < 1.29 is 9.53 Å². The van der Waals surface area contributed by atoms with E-state index in [1.165, 1.54) is 11.8 Å². The molecular formula is C29H21BrN2O2S. The minimum absolute atomic E-state index is 0.112. The van der Waals surface area contributed by atoms with Crippen LogP contribution in [0.2, 0.25) is 0 Å². The van der Waals surface area contributed by atoms with E-state index in [0.717, 1.165) is 32.7 Å². The highest BCUT2D eigenvalue weighted by molar-refractivity contribution is 9.10. The maximum Gasteiger partial charge on any atom is 0.271 e. The second-order valence-electron chi connectivity index (χ2n) is 7.77. The molecule has 0 bridgehead atoms. The van der Waals surface area contributed by atoms with E-state index in [2.05, 4.69) is 15.9 Å². The third-order valence-corrected chi connectivity index (χ3v) is 6.81. The Balaban J connectivity index is 1.46. The summed E-state index contributed by atoms with van der Waals surface area (Å²) >= 11 is 4.82. The number of hydrogen-bond acceptors (Lipinski definition) is 4. The zero-order chi connectivity index (χ0) is 24.0. The van der Waals surface area contributed by atoms with Crippen molar-refractivity contribution in [3.8, 4) is 5.75 Å². The number of hydrogen-bond donors (Lipinski definition) is 0. The summed E-state index contributed by atoms with van der Waals surface area (Å²) in [5.41, 5.74) is 3.48. The molecule has 0 aromatic heterocycles. The van der Waals surface area contributed by atoms with E-state index in [1.807, 2.05) is 115 Å². The number of ether oxygens (including phenoxy) is 1. The molecule has 0 unspecified atom stereocenters. The average Bonchev–Trinajstić information content (AvgIpc) is 3.19. The molecule has 1 aliphatic heterocycles. The van der Waals surface area contributed by atoms with Gasteiger partial charge in [0.2, 0.25) is 0 Å². The van der Waals surface area contributed by atoms with E-state index in [1.54, 1.807) is 4.90 Å². The minimum Gasteiger partial charge on any atom is -0.488 e. The van der Waals surface area contributed by atoms with Gasteiger partial charge in [0.05, 0.1) is 16.3 Å². The first-order valence-corrected chi connectivity index (χ1v) is 12.7. The Kier molecular flexibility index (Phi) is 7.12. The number of aliphatic imine (C=N–C) groups is 1. The maximum absolute atomic E-state index is 13.5. The summed E-state index contributed by atoms with van der Waals surface area (Å²) in [5, 5.41) is 0.618. The van der Waals surface area contributed by atoms with Gasteiger partial charge in [0.15, 0.2) is 5.17 Å². The number of amidine groups is 1. The Bertz CT molecular complexity index is 1390. The molecule has 172 valence electrons. The van der Waals surface area contributed by atoms with Crippen LogP contribution >= 0.6 is 27.7 Å². The zero-order valence-corrected chi connectivity index (χ0v) is 21.1. The summed E-state index contributed by atoms with van der Waals surface area (Å²) < 4.78 is 7.15. The number of benzene rings is 4. The van der Waals surface area contributed by atoms with Crippen molar-refractivity contribution in [1.82, 2.24) is 0 Å². The highest BCUT2D eigenvalue weighted by Crippen LogP contribution is 2.38. The van der Waals surface area contributed by atoms with Crippen LogP contribution in [0.1, 0.15) is 11.1 Å². The van der Waals surface area contributed by atoms with E-state index >= 15 is 0 Å². The lowest BCUT2D eigenvalue weighted by atomic mass is 10.1. The Morgan fingerprint density at radius 1 is 0.829 bits per heavy atom. The predicted octanol–water partition coefficient (Wildman–Crippen LogP) is 7.84. The van der Waals surface area contributed by atoms with Crippen molar-refractivity contribution in [2.24, 2.45) is 4.99 Å². The van der Waals surface area contributed by atoms with Crippen LogP contribution in [0.25, 0.3) is 6.08 Å². The molecule has 4 nitrogen and oxygen atoms in total. The van der Waals surface area contributed by atoms with Crippen LogP contribution in [0.15, 0.2) is 124 Å². The second kappa shape index (κ2) is 10.8. The first kappa shape index (κ1) is 23.1. The number of nitrogens with zero attached hydrogens (tertiary/aromatic N) is 2. The highest BCUT2D eigenvalue weighted by Gasteiger charge is 2.34. The molecule has 1 saturated heterocycles. The van der Waals surface area contributed by atoms with Crippen molar-refractivity contribution in [3.05, 3.63) is 130 Å². The van der Waals surface area contributed by atoms with Crippen molar-refractivity contribution >= 4 is 56.2 Å². The molecule has 1 amide bonds. The van der Waals surface area contributed by atoms with Crippen molar-refractivity contribution in [1.29, 1.82) is 0 Å². The zero-order valence-electron chi connectivity index (χ0n) is 18.7. The fourth-order valence-corrected chi connectivity index (χ4v) is 4.84. The van der Waals surface area contributed by atoms with Gasteiger partial charge in [0, 0.05) is 10.0 Å². The molecule has 6 heteroatoms. The van der Waals surface area contributed by atoms with Gasteiger partial charge in [-0.15, -0.1) is 0 Å². The molecule has 1 fully saturated rings. The van der Waals surface area contributed by atoms with Crippen LogP contribution in [0.5, 0.6) is 5.75 Å². The van der Waals surface area contributed by atoms with Gasteiger partial charge >= 0.3 is 0 Å². The fraction of sp³-hybridized carbons (Fsp3) is 0.0345. The number of amides is 1. The van der Waals surface area contributed by atoms with Crippen molar-refractivity contribution in [2.45, 2.75) is 6.61 Å². The third kappa shape index (κ3) is 5.56. The summed E-state index contributed by atoms with van der Waals surface area (Å²) in [5.74, 6) is 0.606. The van der Waals surface area contributed by atoms with Gasteiger partial charge in [-0.25, -0.2) is 4.99 Å². The topological polar surface area (TPSA) is 41.9 Å². The Labute approximate surface area is 217 Å². The molecule has 35 heavy (non-hydrogen) atoms. The van der Waals surface area contributed by atoms with Crippen LogP contribution in [-0.4, -0.2) is 11.1 Å². The number of carbonyl (C=O) groups excluding carboxylic acids is 1. The molecule has 0 aliphatic carbocycles. The van der Waals surface area contributed by atoms with Gasteiger partial charge < -0.3 is 4.74 Å². The number of para-hydroxylation sites is 3. The number of anilines is 1. The summed E-state index contributed by atoms with van der Waals surface area (Å²) in [6, 6.07) is 35.0. The largest absolute Gasteiger partial charge is 0.488 e. The van der Waals surface area contributed by atoms with E-state index in [9.17, 15) is 4.79 Å². The first-order valence-electron chi connectivity index (χ1n) is 11.1. The quantitative estimate of drug-likeness (QED) is 0.234. The summed E-state index contributed by atoms with van der Waals surface area (Å²) in [7, 11) is 0. The van der Waals surface area contributed by atoms with Crippen LogP contribution in [0.3, 0.4) is 0 Å². The molecule has 1 heterocycles. The summed E-state index contributed by atoms with van der Waals surface area (Å²) in [6.45, 7) is 0.436. The lowest BCUT2D eigenvalue weighted by molar-refractivity contribution is -0.113. The predicted molar refractivity (Wildman–Crippen MR) is 148 cm³/mol. The third-order valence-electron chi connectivity index (χ3n) is 5.31. The van der Waals surface area contributed by atoms with Gasteiger partial charge in [0.1, 0.15) is 12.4 Å². The van der Waals surface area contributed by atoms with Crippen LogP contribution < -0.4 is 9.64 Å². The van der Waals surface area contributed by atoms with E-state index in [-0.39, 0.29) is 5.91 Å². The molecule has 4 aromatic carbocycles. The van der Waals surface area contributed by atoms with E-state index in [0.29, 0.717) is 16.7 Å².